The van der Waals surface area contributed by atoms with E-state index in [0.717, 1.165) is 25.3 Å². The third-order valence-electron chi connectivity index (χ3n) is 4.71. The number of guanidine groups is 2. The number of nitrogens with zero attached hydrogens (tertiary/aromatic N) is 3. The summed E-state index contributed by atoms with van der Waals surface area (Å²) in [6.45, 7) is 1.23. The molecule has 0 aromatic heterocycles. The molecule has 1 spiro atoms. The van der Waals surface area contributed by atoms with E-state index in [-0.39, 0.29) is 23.3 Å². The number of nitrogens with one attached hydrogen (secondary N) is 1. The second-order valence-electron chi connectivity index (χ2n) is 6.73. The summed E-state index contributed by atoms with van der Waals surface area (Å²) < 4.78 is 41.4. The SMILES string of the molecule is CC(=O)Nc1ccc(N2C(N)=NC(N)=NC23CCCCC3)c(C(F)(F)F)c1. The Labute approximate surface area is 154 Å². The Morgan fingerprint density at radius 3 is 2.48 bits per heavy atom. The molecule has 1 aromatic rings. The van der Waals surface area contributed by atoms with Gasteiger partial charge in [-0.2, -0.15) is 18.2 Å². The number of benzene rings is 1. The summed E-state index contributed by atoms with van der Waals surface area (Å²) in [5, 5.41) is 2.37. The van der Waals surface area contributed by atoms with Crippen LogP contribution in [-0.4, -0.2) is 23.5 Å². The van der Waals surface area contributed by atoms with Crippen molar-refractivity contribution in [2.45, 2.75) is 50.9 Å². The fraction of sp³-hybridized carbons (Fsp3) is 0.471. The molecule has 1 amide bonds. The third-order valence-corrected chi connectivity index (χ3v) is 4.71. The third kappa shape index (κ3) is 3.69. The zero-order valence-corrected chi connectivity index (χ0v) is 14.8. The number of rotatable bonds is 2. The van der Waals surface area contributed by atoms with Crippen molar-refractivity contribution in [1.29, 1.82) is 0 Å². The normalized spacial score (nSPS) is 19.5. The van der Waals surface area contributed by atoms with Gasteiger partial charge in [0.1, 0.15) is 5.66 Å². The van der Waals surface area contributed by atoms with E-state index in [2.05, 4.69) is 15.3 Å². The molecular formula is C17H21F3N6O. The number of aliphatic imine (C=N–C) groups is 2. The van der Waals surface area contributed by atoms with Gasteiger partial charge in [-0.3, -0.25) is 9.69 Å². The highest BCUT2D eigenvalue weighted by atomic mass is 19.4. The summed E-state index contributed by atoms with van der Waals surface area (Å²) in [5.41, 5.74) is 9.76. The van der Waals surface area contributed by atoms with E-state index in [1.54, 1.807) is 0 Å². The molecule has 5 N–H and O–H groups in total. The smallest absolute Gasteiger partial charge is 0.369 e. The van der Waals surface area contributed by atoms with Crippen molar-refractivity contribution in [3.63, 3.8) is 0 Å². The van der Waals surface area contributed by atoms with Gasteiger partial charge in [0.05, 0.1) is 11.3 Å². The van der Waals surface area contributed by atoms with Crippen LogP contribution in [0.2, 0.25) is 0 Å². The van der Waals surface area contributed by atoms with Gasteiger partial charge in [0.25, 0.3) is 0 Å². The molecule has 1 heterocycles. The fourth-order valence-electron chi connectivity index (χ4n) is 3.71. The zero-order valence-electron chi connectivity index (χ0n) is 14.8. The molecule has 1 aromatic carbocycles. The lowest BCUT2D eigenvalue weighted by atomic mass is 9.87. The standard InChI is InChI=1S/C17H21F3N6O/c1-10(27)23-11-5-6-13(12(9-11)17(18,19)20)26-15(22)24-14(21)25-16(26)7-3-2-4-8-16/h5-6,9H,2-4,7-8H2,1H3,(H,23,27)(H4,21,22,24,25). The summed E-state index contributed by atoms with van der Waals surface area (Å²) in [4.78, 5) is 20.8. The summed E-state index contributed by atoms with van der Waals surface area (Å²) in [6, 6.07) is 3.57. The first-order valence-electron chi connectivity index (χ1n) is 8.61. The molecule has 1 fully saturated rings. The van der Waals surface area contributed by atoms with Crippen LogP contribution in [0.1, 0.15) is 44.6 Å². The summed E-state index contributed by atoms with van der Waals surface area (Å²) in [7, 11) is 0. The molecule has 0 saturated heterocycles. The number of hydrogen-bond donors (Lipinski definition) is 3. The molecule has 0 unspecified atom stereocenters. The molecular weight excluding hydrogens is 361 g/mol. The predicted octanol–water partition coefficient (Wildman–Crippen LogP) is 2.77. The highest BCUT2D eigenvalue weighted by molar-refractivity contribution is 6.06. The highest BCUT2D eigenvalue weighted by Gasteiger charge is 2.46. The van der Waals surface area contributed by atoms with E-state index >= 15 is 0 Å². The van der Waals surface area contributed by atoms with Gasteiger partial charge < -0.3 is 16.8 Å². The Morgan fingerprint density at radius 1 is 1.22 bits per heavy atom. The van der Waals surface area contributed by atoms with Gasteiger partial charge in [0, 0.05) is 12.6 Å². The minimum Gasteiger partial charge on any atom is -0.369 e. The van der Waals surface area contributed by atoms with Crippen LogP contribution < -0.4 is 21.7 Å². The van der Waals surface area contributed by atoms with Crippen LogP contribution in [0, 0.1) is 0 Å². The first kappa shape index (κ1) is 19.0. The maximum Gasteiger partial charge on any atom is 0.418 e. The molecule has 27 heavy (non-hydrogen) atoms. The number of nitrogens with two attached hydrogens (primary N) is 2. The molecule has 146 valence electrons. The van der Waals surface area contributed by atoms with Gasteiger partial charge >= 0.3 is 6.18 Å². The Bertz CT molecular complexity index is 811. The Balaban J connectivity index is 2.15. The molecule has 0 radical (unpaired) electrons. The van der Waals surface area contributed by atoms with E-state index in [1.807, 2.05) is 0 Å². The van der Waals surface area contributed by atoms with Crippen LogP contribution in [0.25, 0.3) is 0 Å². The van der Waals surface area contributed by atoms with Crippen LogP contribution in [-0.2, 0) is 11.0 Å². The van der Waals surface area contributed by atoms with Gasteiger partial charge in [-0.1, -0.05) is 6.42 Å². The lowest BCUT2D eigenvalue weighted by Crippen LogP contribution is -2.58. The van der Waals surface area contributed by atoms with Crippen molar-refractivity contribution in [1.82, 2.24) is 0 Å². The van der Waals surface area contributed by atoms with Gasteiger partial charge in [-0.25, -0.2) is 4.99 Å². The van der Waals surface area contributed by atoms with Crippen molar-refractivity contribution in [3.05, 3.63) is 23.8 Å². The maximum atomic E-state index is 13.8. The number of halogens is 3. The topological polar surface area (TPSA) is 109 Å². The van der Waals surface area contributed by atoms with Crippen molar-refractivity contribution in [2.75, 3.05) is 10.2 Å². The van der Waals surface area contributed by atoms with Crippen LogP contribution >= 0.6 is 0 Å². The fourth-order valence-corrected chi connectivity index (χ4v) is 3.71. The number of hydrogen-bond acceptors (Lipinski definition) is 6. The highest BCUT2D eigenvalue weighted by Crippen LogP contribution is 2.45. The van der Waals surface area contributed by atoms with Gasteiger partial charge in [0.15, 0.2) is 0 Å². The molecule has 7 nitrogen and oxygen atoms in total. The molecule has 3 rings (SSSR count). The summed E-state index contributed by atoms with van der Waals surface area (Å²) in [5.74, 6) is -0.618. The van der Waals surface area contributed by atoms with Crippen molar-refractivity contribution in [2.24, 2.45) is 21.5 Å². The first-order valence-corrected chi connectivity index (χ1v) is 8.61. The van der Waals surface area contributed by atoms with Crippen LogP contribution in [0.3, 0.4) is 0 Å². The lowest BCUT2D eigenvalue weighted by Gasteiger charge is -2.46. The van der Waals surface area contributed by atoms with Crippen LogP contribution in [0.4, 0.5) is 24.5 Å². The molecule has 1 aliphatic carbocycles. The number of carbonyl (C=O) groups excluding carboxylic acids is 1. The molecule has 1 aliphatic heterocycles. The van der Waals surface area contributed by atoms with E-state index in [0.29, 0.717) is 12.8 Å². The van der Waals surface area contributed by atoms with Gasteiger partial charge in [-0.05, 0) is 43.9 Å². The Kier molecular flexibility index (Phi) is 4.75. The average molecular weight is 382 g/mol. The maximum absolute atomic E-state index is 13.8. The molecule has 1 saturated carbocycles. The Morgan fingerprint density at radius 2 is 1.89 bits per heavy atom. The number of alkyl halides is 3. The number of anilines is 2. The monoisotopic (exact) mass is 382 g/mol. The van der Waals surface area contributed by atoms with Crippen LogP contribution in [0.5, 0.6) is 0 Å². The van der Waals surface area contributed by atoms with Crippen molar-refractivity contribution >= 4 is 29.2 Å². The molecule has 2 aliphatic rings. The first-order chi connectivity index (χ1) is 12.6. The molecule has 0 bridgehead atoms. The lowest BCUT2D eigenvalue weighted by molar-refractivity contribution is -0.137. The predicted molar refractivity (Wildman–Crippen MR) is 97.3 cm³/mol. The van der Waals surface area contributed by atoms with E-state index in [4.69, 9.17) is 11.5 Å². The summed E-state index contributed by atoms with van der Waals surface area (Å²) in [6.07, 6.45) is -1.05. The number of carbonyl (C=O) groups is 1. The van der Waals surface area contributed by atoms with Gasteiger partial charge in [-0.15, -0.1) is 0 Å². The minimum atomic E-state index is -4.66. The number of amides is 1. The molecule has 10 heteroatoms. The second-order valence-corrected chi connectivity index (χ2v) is 6.73. The average Bonchev–Trinajstić information content (AvgIpc) is 2.54. The van der Waals surface area contributed by atoms with Gasteiger partial charge in [0.2, 0.25) is 17.8 Å². The summed E-state index contributed by atoms with van der Waals surface area (Å²) >= 11 is 0. The van der Waals surface area contributed by atoms with Crippen LogP contribution in [0.15, 0.2) is 28.2 Å². The largest absolute Gasteiger partial charge is 0.418 e. The van der Waals surface area contributed by atoms with E-state index in [9.17, 15) is 18.0 Å². The van der Waals surface area contributed by atoms with Crippen molar-refractivity contribution in [3.8, 4) is 0 Å². The Hall–Kier alpha value is -2.78. The quantitative estimate of drug-likeness (QED) is 0.731. The van der Waals surface area contributed by atoms with E-state index in [1.165, 1.54) is 24.0 Å². The minimum absolute atomic E-state index is 0.0333. The second kappa shape index (κ2) is 6.75. The van der Waals surface area contributed by atoms with E-state index < -0.39 is 23.3 Å². The van der Waals surface area contributed by atoms with Crippen molar-refractivity contribution < 1.29 is 18.0 Å². The molecule has 0 atom stereocenters. The zero-order chi connectivity index (χ0) is 19.8.